The van der Waals surface area contributed by atoms with E-state index in [-0.39, 0.29) is 31.2 Å². The molecule has 2 heterocycles. The van der Waals surface area contributed by atoms with Crippen molar-refractivity contribution in [1.29, 1.82) is 0 Å². The van der Waals surface area contributed by atoms with E-state index >= 15 is 0 Å². The van der Waals surface area contributed by atoms with E-state index in [0.717, 1.165) is 12.8 Å². The fraction of sp³-hybridized carbons (Fsp3) is 0.724. The van der Waals surface area contributed by atoms with Gasteiger partial charge in [-0.25, -0.2) is 4.79 Å². The van der Waals surface area contributed by atoms with Crippen molar-refractivity contribution in [2.45, 2.75) is 122 Å². The smallest absolute Gasteiger partial charge is 0.319 e. The first-order valence-electron chi connectivity index (χ1n) is 14.3. The predicted molar refractivity (Wildman–Crippen MR) is 145 cm³/mol. The second kappa shape index (κ2) is 15.4. The molecule has 2 aliphatic heterocycles. The summed E-state index contributed by atoms with van der Waals surface area (Å²) in [7, 11) is 0. The number of anilines is 1. The van der Waals surface area contributed by atoms with Gasteiger partial charge in [0.2, 0.25) is 0 Å². The monoisotopic (exact) mass is 534 g/mol. The molecule has 1 aromatic carbocycles. The number of carboxylic acid groups (broad SMARTS) is 1. The van der Waals surface area contributed by atoms with Gasteiger partial charge in [0, 0.05) is 18.8 Å². The summed E-state index contributed by atoms with van der Waals surface area (Å²) < 4.78 is 24.3. The molecule has 0 bridgehead atoms. The van der Waals surface area contributed by atoms with Crippen LogP contribution in [-0.2, 0) is 30.2 Å². The van der Waals surface area contributed by atoms with Crippen molar-refractivity contribution in [2.24, 2.45) is 0 Å². The Hall–Kier alpha value is -2.20. The number of fused-ring (bicyclic) bond motifs is 1. The molecule has 3 N–H and O–H groups in total. The summed E-state index contributed by atoms with van der Waals surface area (Å²) in [5.41, 5.74) is 1.24. The molecule has 0 radical (unpaired) electrons. The molecular weight excluding hydrogens is 488 g/mol. The number of urea groups is 1. The van der Waals surface area contributed by atoms with Gasteiger partial charge >= 0.3 is 12.0 Å². The van der Waals surface area contributed by atoms with Gasteiger partial charge in [0.05, 0.1) is 6.42 Å². The molecule has 4 atom stereocenters. The molecule has 2 fully saturated rings. The molecule has 3 rings (SSSR count). The van der Waals surface area contributed by atoms with Gasteiger partial charge in [-0.1, -0.05) is 76.8 Å². The third-order valence-electron chi connectivity index (χ3n) is 6.92. The van der Waals surface area contributed by atoms with Crippen LogP contribution in [0.25, 0.3) is 0 Å². The molecule has 2 aliphatic rings. The Kier molecular flexibility index (Phi) is 12.3. The van der Waals surface area contributed by atoms with E-state index in [1.54, 1.807) is 24.3 Å². The third-order valence-corrected chi connectivity index (χ3v) is 6.92. The number of unbranched alkanes of at least 4 members (excludes halogenated alkanes) is 9. The molecule has 0 spiro atoms. The van der Waals surface area contributed by atoms with Crippen molar-refractivity contribution in [1.82, 2.24) is 5.32 Å². The Balaban J connectivity index is 1.36. The maximum atomic E-state index is 12.4. The lowest BCUT2D eigenvalue weighted by molar-refractivity contribution is -0.232. The highest BCUT2D eigenvalue weighted by molar-refractivity contribution is 5.89. The first-order chi connectivity index (χ1) is 18.3. The van der Waals surface area contributed by atoms with Crippen LogP contribution in [0.1, 0.15) is 90.5 Å². The minimum absolute atomic E-state index is 0.0606. The first-order valence-corrected chi connectivity index (χ1v) is 14.3. The number of aliphatic carboxylic acids is 1. The Bertz CT molecular complexity index is 861. The van der Waals surface area contributed by atoms with Crippen LogP contribution in [0.5, 0.6) is 0 Å². The van der Waals surface area contributed by atoms with E-state index < -0.39 is 24.2 Å². The Labute approximate surface area is 226 Å². The molecule has 0 unspecified atom stereocenters. The molecule has 1 aromatic rings. The Morgan fingerprint density at radius 2 is 1.53 bits per heavy atom. The lowest BCUT2D eigenvalue weighted by Crippen LogP contribution is -2.41. The van der Waals surface area contributed by atoms with E-state index in [1.165, 1.54) is 51.4 Å². The highest BCUT2D eigenvalue weighted by Crippen LogP contribution is 2.39. The summed E-state index contributed by atoms with van der Waals surface area (Å²) in [4.78, 5) is 23.3. The van der Waals surface area contributed by atoms with Crippen LogP contribution in [-0.4, -0.2) is 60.6 Å². The van der Waals surface area contributed by atoms with Crippen LogP contribution >= 0.6 is 0 Å². The molecule has 214 valence electrons. The van der Waals surface area contributed by atoms with E-state index in [4.69, 9.17) is 24.1 Å². The quantitative estimate of drug-likeness (QED) is 0.222. The molecule has 38 heavy (non-hydrogen) atoms. The Morgan fingerprint density at radius 1 is 0.921 bits per heavy atom. The molecule has 2 amide bonds. The highest BCUT2D eigenvalue weighted by atomic mass is 16.8. The normalized spacial score (nSPS) is 23.8. The Morgan fingerprint density at radius 3 is 2.16 bits per heavy atom. The number of carbonyl (C=O) groups excluding carboxylic acids is 1. The minimum atomic E-state index is -0.898. The lowest BCUT2D eigenvalue weighted by Gasteiger charge is -2.24. The fourth-order valence-electron chi connectivity index (χ4n) is 4.98. The minimum Gasteiger partial charge on any atom is -0.481 e. The van der Waals surface area contributed by atoms with Gasteiger partial charge in [0.25, 0.3) is 0 Å². The van der Waals surface area contributed by atoms with Crippen LogP contribution in [0.15, 0.2) is 24.3 Å². The largest absolute Gasteiger partial charge is 0.481 e. The summed E-state index contributed by atoms with van der Waals surface area (Å²) in [6.45, 7) is 6.83. The van der Waals surface area contributed by atoms with Crippen LogP contribution in [0.2, 0.25) is 0 Å². The molecular formula is C29H46N2O7. The number of nitrogens with one attached hydrogen (secondary N) is 2. The summed E-state index contributed by atoms with van der Waals surface area (Å²) in [6, 6.07) is 6.32. The molecule has 9 nitrogen and oxygen atoms in total. The van der Waals surface area contributed by atoms with Crippen LogP contribution in [0, 0.1) is 0 Å². The zero-order valence-electron chi connectivity index (χ0n) is 23.2. The zero-order chi connectivity index (χ0) is 27.4. The van der Waals surface area contributed by atoms with Crippen molar-refractivity contribution in [3.05, 3.63) is 29.8 Å². The van der Waals surface area contributed by atoms with Gasteiger partial charge in [-0.3, -0.25) is 4.79 Å². The van der Waals surface area contributed by atoms with Crippen molar-refractivity contribution in [3.8, 4) is 0 Å². The van der Waals surface area contributed by atoms with Crippen molar-refractivity contribution in [3.63, 3.8) is 0 Å². The summed E-state index contributed by atoms with van der Waals surface area (Å²) >= 11 is 0. The van der Waals surface area contributed by atoms with Crippen molar-refractivity contribution in [2.75, 3.05) is 18.5 Å². The average molecular weight is 535 g/mol. The molecule has 0 aliphatic carbocycles. The fourth-order valence-corrected chi connectivity index (χ4v) is 4.98. The maximum Gasteiger partial charge on any atom is 0.319 e. The van der Waals surface area contributed by atoms with Gasteiger partial charge in [-0.05, 0) is 38.0 Å². The number of hydrogen-bond acceptors (Lipinski definition) is 6. The summed E-state index contributed by atoms with van der Waals surface area (Å²) in [6.07, 6.45) is 11.0. The second-order valence-corrected chi connectivity index (χ2v) is 10.8. The van der Waals surface area contributed by atoms with E-state index in [0.29, 0.717) is 17.9 Å². The number of carboxylic acids is 1. The SMILES string of the molecule is CCCCCCCCCCCCO[C@H]1O[C@@H](CNC(=O)Nc2ccc(CC(=O)O)cc2)[C@@H]2OC(C)(C)O[C@H]12. The third kappa shape index (κ3) is 10.2. The zero-order valence-corrected chi connectivity index (χ0v) is 23.2. The van der Waals surface area contributed by atoms with Crippen LogP contribution in [0.3, 0.4) is 0 Å². The number of ether oxygens (including phenoxy) is 4. The van der Waals surface area contributed by atoms with Gasteiger partial charge in [-0.15, -0.1) is 0 Å². The number of amides is 2. The van der Waals surface area contributed by atoms with Gasteiger partial charge in [0.15, 0.2) is 12.1 Å². The van der Waals surface area contributed by atoms with Crippen LogP contribution < -0.4 is 10.6 Å². The molecule has 2 saturated heterocycles. The second-order valence-electron chi connectivity index (χ2n) is 10.8. The maximum absolute atomic E-state index is 12.4. The van der Waals surface area contributed by atoms with Crippen molar-refractivity contribution >= 4 is 17.7 Å². The summed E-state index contributed by atoms with van der Waals surface area (Å²) in [5.74, 6) is -1.64. The number of carbonyl (C=O) groups is 2. The molecule has 0 aromatic heterocycles. The van der Waals surface area contributed by atoms with Crippen LogP contribution in [0.4, 0.5) is 10.5 Å². The number of rotatable bonds is 17. The van der Waals surface area contributed by atoms with E-state index in [9.17, 15) is 9.59 Å². The topological polar surface area (TPSA) is 115 Å². The predicted octanol–water partition coefficient (Wildman–Crippen LogP) is 5.62. The number of benzene rings is 1. The van der Waals surface area contributed by atoms with E-state index in [1.807, 2.05) is 13.8 Å². The highest BCUT2D eigenvalue weighted by Gasteiger charge is 2.55. The average Bonchev–Trinajstić information content (AvgIpc) is 3.35. The first kappa shape index (κ1) is 30.3. The standard InChI is InChI=1S/C29H46N2O7/c1-4-5-6-7-8-9-10-11-12-13-18-35-27-26-25(37-29(2,3)38-26)23(36-27)20-30-28(34)31-22-16-14-21(15-17-22)19-24(32)33/h14-17,23,25-27H,4-13,18-20H2,1-3H3,(H,32,33)(H2,30,31,34)/t23-,25-,26-,27-/m0/s1. The van der Waals surface area contributed by atoms with Gasteiger partial charge < -0.3 is 34.7 Å². The number of hydrogen-bond donors (Lipinski definition) is 3. The molecule has 9 heteroatoms. The van der Waals surface area contributed by atoms with Gasteiger partial charge in [0.1, 0.15) is 18.3 Å². The van der Waals surface area contributed by atoms with Gasteiger partial charge in [-0.2, -0.15) is 0 Å². The van der Waals surface area contributed by atoms with E-state index in [2.05, 4.69) is 17.6 Å². The van der Waals surface area contributed by atoms with Crippen molar-refractivity contribution < 1.29 is 33.6 Å². The summed E-state index contributed by atoms with van der Waals surface area (Å²) in [5, 5.41) is 14.5. The molecule has 0 saturated carbocycles. The lowest BCUT2D eigenvalue weighted by atomic mass is 10.1.